The second-order valence-electron chi connectivity index (χ2n) is 4.18. The van der Waals surface area contributed by atoms with Crippen LogP contribution >= 0.6 is 0 Å². The Morgan fingerprint density at radius 1 is 1.60 bits per heavy atom. The summed E-state index contributed by atoms with van der Waals surface area (Å²) in [5.74, 6) is 0.337. The quantitative estimate of drug-likeness (QED) is 0.709. The van der Waals surface area contributed by atoms with E-state index in [4.69, 9.17) is 4.52 Å². The van der Waals surface area contributed by atoms with Gasteiger partial charge in [-0.15, -0.1) is 0 Å². The van der Waals surface area contributed by atoms with Crippen LogP contribution in [0.15, 0.2) is 10.6 Å². The minimum absolute atomic E-state index is 0.0252. The van der Waals surface area contributed by atoms with E-state index >= 15 is 0 Å². The SMILES string of the molecule is Cc1cc(C(=O)N2CCCCC2C)on1. The Kier molecular flexibility index (Phi) is 2.75. The Labute approximate surface area is 89.2 Å². The van der Waals surface area contributed by atoms with Gasteiger partial charge in [0.05, 0.1) is 5.69 Å². The number of likely N-dealkylation sites (tertiary alicyclic amines) is 1. The van der Waals surface area contributed by atoms with Gasteiger partial charge in [0.2, 0.25) is 5.76 Å². The summed E-state index contributed by atoms with van der Waals surface area (Å²) in [4.78, 5) is 13.9. The van der Waals surface area contributed by atoms with E-state index in [0.29, 0.717) is 11.8 Å². The van der Waals surface area contributed by atoms with Crippen LogP contribution < -0.4 is 0 Å². The third-order valence-electron chi connectivity index (χ3n) is 2.90. The van der Waals surface area contributed by atoms with E-state index in [1.165, 1.54) is 6.42 Å². The monoisotopic (exact) mass is 208 g/mol. The maximum Gasteiger partial charge on any atom is 0.292 e. The lowest BCUT2D eigenvalue weighted by Gasteiger charge is -2.32. The third-order valence-corrected chi connectivity index (χ3v) is 2.90. The average Bonchev–Trinajstić information content (AvgIpc) is 2.65. The van der Waals surface area contributed by atoms with Gasteiger partial charge in [-0.3, -0.25) is 4.79 Å². The molecule has 1 amide bonds. The first kappa shape index (κ1) is 10.2. The van der Waals surface area contributed by atoms with Crippen molar-refractivity contribution in [1.29, 1.82) is 0 Å². The lowest BCUT2D eigenvalue weighted by atomic mass is 10.0. The molecule has 0 spiro atoms. The standard InChI is InChI=1S/C11H16N2O2/c1-8-7-10(15-12-8)11(14)13-6-4-3-5-9(13)2/h7,9H,3-6H2,1-2H3. The molecule has 4 heteroatoms. The van der Waals surface area contributed by atoms with Crippen molar-refractivity contribution >= 4 is 5.91 Å². The second kappa shape index (κ2) is 4.04. The fourth-order valence-electron chi connectivity index (χ4n) is 2.01. The molecule has 4 nitrogen and oxygen atoms in total. The van der Waals surface area contributed by atoms with E-state index < -0.39 is 0 Å². The van der Waals surface area contributed by atoms with E-state index in [9.17, 15) is 4.79 Å². The van der Waals surface area contributed by atoms with Crippen molar-refractivity contribution in [3.05, 3.63) is 17.5 Å². The topological polar surface area (TPSA) is 46.3 Å². The van der Waals surface area contributed by atoms with Gasteiger partial charge < -0.3 is 9.42 Å². The van der Waals surface area contributed by atoms with Crippen molar-refractivity contribution < 1.29 is 9.32 Å². The molecule has 0 bridgehead atoms. The lowest BCUT2D eigenvalue weighted by molar-refractivity contribution is 0.0593. The molecule has 2 rings (SSSR count). The number of rotatable bonds is 1. The number of hydrogen-bond donors (Lipinski definition) is 0. The average molecular weight is 208 g/mol. The Morgan fingerprint density at radius 3 is 3.00 bits per heavy atom. The largest absolute Gasteiger partial charge is 0.351 e. The predicted octanol–water partition coefficient (Wildman–Crippen LogP) is 2.00. The summed E-state index contributed by atoms with van der Waals surface area (Å²) in [7, 11) is 0. The maximum absolute atomic E-state index is 12.0. The number of carbonyl (C=O) groups is 1. The first-order chi connectivity index (χ1) is 7.18. The highest BCUT2D eigenvalue weighted by molar-refractivity contribution is 5.91. The lowest BCUT2D eigenvalue weighted by Crippen LogP contribution is -2.41. The van der Waals surface area contributed by atoms with Crippen LogP contribution in [0.3, 0.4) is 0 Å². The number of hydrogen-bond acceptors (Lipinski definition) is 3. The van der Waals surface area contributed by atoms with Gasteiger partial charge in [0.15, 0.2) is 0 Å². The van der Waals surface area contributed by atoms with E-state index in [0.717, 1.165) is 25.1 Å². The molecule has 0 N–H and O–H groups in total. The normalized spacial score (nSPS) is 21.7. The summed E-state index contributed by atoms with van der Waals surface area (Å²) < 4.78 is 4.99. The highest BCUT2D eigenvalue weighted by Crippen LogP contribution is 2.19. The molecule has 82 valence electrons. The molecule has 1 unspecified atom stereocenters. The van der Waals surface area contributed by atoms with Crippen molar-refractivity contribution in [3.8, 4) is 0 Å². The van der Waals surface area contributed by atoms with Crippen LogP contribution in [-0.2, 0) is 0 Å². The zero-order valence-electron chi connectivity index (χ0n) is 9.19. The number of aromatic nitrogens is 1. The van der Waals surface area contributed by atoms with Crippen molar-refractivity contribution in [2.24, 2.45) is 0 Å². The number of aryl methyl sites for hydroxylation is 1. The molecule has 1 aromatic rings. The van der Waals surface area contributed by atoms with Gasteiger partial charge in [-0.05, 0) is 33.1 Å². The molecule has 1 atom stereocenters. The zero-order chi connectivity index (χ0) is 10.8. The van der Waals surface area contributed by atoms with Gasteiger partial charge in [-0.1, -0.05) is 5.16 Å². The number of amides is 1. The molecule has 2 heterocycles. The highest BCUT2D eigenvalue weighted by Gasteiger charge is 2.26. The van der Waals surface area contributed by atoms with Crippen LogP contribution in [0.2, 0.25) is 0 Å². The summed E-state index contributed by atoms with van der Waals surface area (Å²) in [6.07, 6.45) is 3.38. The molecule has 15 heavy (non-hydrogen) atoms. The predicted molar refractivity (Wildman–Crippen MR) is 55.6 cm³/mol. The maximum atomic E-state index is 12.0. The molecule has 0 radical (unpaired) electrons. The van der Waals surface area contributed by atoms with Gasteiger partial charge in [0.1, 0.15) is 0 Å². The Morgan fingerprint density at radius 2 is 2.40 bits per heavy atom. The molecular weight excluding hydrogens is 192 g/mol. The van der Waals surface area contributed by atoms with Crippen LogP contribution in [-0.4, -0.2) is 28.6 Å². The molecule has 0 aromatic carbocycles. The summed E-state index contributed by atoms with van der Waals surface area (Å²) >= 11 is 0. The Bertz CT molecular complexity index is 359. The van der Waals surface area contributed by atoms with E-state index in [1.54, 1.807) is 6.07 Å². The van der Waals surface area contributed by atoms with Crippen LogP contribution in [0.4, 0.5) is 0 Å². The van der Waals surface area contributed by atoms with E-state index in [1.807, 2.05) is 11.8 Å². The zero-order valence-corrected chi connectivity index (χ0v) is 9.19. The van der Waals surface area contributed by atoms with Crippen LogP contribution in [0, 0.1) is 6.92 Å². The molecule has 1 aliphatic heterocycles. The first-order valence-corrected chi connectivity index (χ1v) is 5.43. The Hall–Kier alpha value is -1.32. The first-order valence-electron chi connectivity index (χ1n) is 5.43. The molecule has 1 aromatic heterocycles. The fraction of sp³-hybridized carbons (Fsp3) is 0.636. The molecule has 1 saturated heterocycles. The number of nitrogens with zero attached hydrogens (tertiary/aromatic N) is 2. The summed E-state index contributed by atoms with van der Waals surface area (Å²) in [6, 6.07) is 2.01. The molecule has 0 aliphatic carbocycles. The van der Waals surface area contributed by atoms with E-state index in [-0.39, 0.29) is 5.91 Å². The van der Waals surface area contributed by atoms with Crippen molar-refractivity contribution in [1.82, 2.24) is 10.1 Å². The summed E-state index contributed by atoms with van der Waals surface area (Å²) in [6.45, 7) is 4.74. The van der Waals surface area contributed by atoms with Crippen molar-refractivity contribution in [2.45, 2.75) is 39.2 Å². The van der Waals surface area contributed by atoms with Gasteiger partial charge in [-0.2, -0.15) is 0 Å². The highest BCUT2D eigenvalue weighted by atomic mass is 16.5. The third kappa shape index (κ3) is 2.03. The molecule has 1 aliphatic rings. The van der Waals surface area contributed by atoms with Gasteiger partial charge >= 0.3 is 0 Å². The van der Waals surface area contributed by atoms with Gasteiger partial charge in [0, 0.05) is 18.7 Å². The fourth-order valence-corrected chi connectivity index (χ4v) is 2.01. The summed E-state index contributed by atoms with van der Waals surface area (Å²) in [5.41, 5.74) is 0.753. The molecule has 1 fully saturated rings. The van der Waals surface area contributed by atoms with Crippen molar-refractivity contribution in [3.63, 3.8) is 0 Å². The van der Waals surface area contributed by atoms with Gasteiger partial charge in [0.25, 0.3) is 5.91 Å². The summed E-state index contributed by atoms with van der Waals surface area (Å²) in [5, 5.41) is 3.74. The molecular formula is C11H16N2O2. The Balaban J connectivity index is 2.13. The van der Waals surface area contributed by atoms with Crippen LogP contribution in [0.1, 0.15) is 42.4 Å². The van der Waals surface area contributed by atoms with Crippen LogP contribution in [0.25, 0.3) is 0 Å². The second-order valence-corrected chi connectivity index (χ2v) is 4.18. The van der Waals surface area contributed by atoms with E-state index in [2.05, 4.69) is 12.1 Å². The van der Waals surface area contributed by atoms with Gasteiger partial charge in [-0.25, -0.2) is 0 Å². The molecule has 0 saturated carbocycles. The number of carbonyl (C=O) groups excluding carboxylic acids is 1. The van der Waals surface area contributed by atoms with Crippen LogP contribution in [0.5, 0.6) is 0 Å². The van der Waals surface area contributed by atoms with Crippen molar-refractivity contribution in [2.75, 3.05) is 6.54 Å². The minimum Gasteiger partial charge on any atom is -0.351 e. The smallest absolute Gasteiger partial charge is 0.292 e. The minimum atomic E-state index is -0.0252. The number of piperidine rings is 1.